The van der Waals surface area contributed by atoms with Gasteiger partial charge in [-0.1, -0.05) is 40.4 Å². The normalized spacial score (nSPS) is 11.1. The van der Waals surface area contributed by atoms with E-state index in [-0.39, 0.29) is 5.91 Å². The molecular weight excluding hydrogens is 392 g/mol. The molecule has 3 aromatic heterocycles. The van der Waals surface area contributed by atoms with Crippen molar-refractivity contribution >= 4 is 44.4 Å². The average molecular weight is 411 g/mol. The molecule has 1 aromatic carbocycles. The van der Waals surface area contributed by atoms with E-state index in [1.54, 1.807) is 18.3 Å². The summed E-state index contributed by atoms with van der Waals surface area (Å²) >= 11 is 2.94. The highest BCUT2D eigenvalue weighted by molar-refractivity contribution is 7.98. The molecule has 28 heavy (non-hydrogen) atoms. The van der Waals surface area contributed by atoms with Crippen LogP contribution in [0, 0.1) is 20.8 Å². The van der Waals surface area contributed by atoms with Crippen LogP contribution >= 0.6 is 23.1 Å². The molecule has 0 saturated heterocycles. The molecule has 0 unspecified atom stereocenters. The summed E-state index contributed by atoms with van der Waals surface area (Å²) in [6.07, 6.45) is 1.68. The van der Waals surface area contributed by atoms with Crippen LogP contribution in [0.4, 0.5) is 5.13 Å². The van der Waals surface area contributed by atoms with Gasteiger partial charge in [-0.15, -0.1) is 0 Å². The maximum absolute atomic E-state index is 12.9. The number of thioether (sulfide) groups is 1. The van der Waals surface area contributed by atoms with Gasteiger partial charge in [-0.3, -0.25) is 10.1 Å². The molecule has 0 bridgehead atoms. The second-order valence-corrected chi connectivity index (χ2v) is 8.39. The summed E-state index contributed by atoms with van der Waals surface area (Å²) < 4.78 is 6.18. The number of fused-ring (bicyclic) bond motifs is 1. The Balaban J connectivity index is 1.55. The SMILES string of the molecule is Cc1cc(CSc2ncccc2C(=O)Nc2nc3c(C)ccc(C)c3s2)no1. The number of nitrogens with one attached hydrogen (secondary N) is 1. The zero-order valence-electron chi connectivity index (χ0n) is 15.6. The molecular formula is C20H18N4O2S2. The fourth-order valence-corrected chi connectivity index (χ4v) is 4.66. The first-order valence-electron chi connectivity index (χ1n) is 8.69. The molecule has 4 aromatic rings. The molecule has 0 aliphatic heterocycles. The lowest BCUT2D eigenvalue weighted by Gasteiger charge is -2.06. The number of thiazole rings is 1. The van der Waals surface area contributed by atoms with Crippen molar-refractivity contribution in [1.82, 2.24) is 15.1 Å². The Bertz CT molecular complexity index is 1130. The Labute approximate surface area is 170 Å². The lowest BCUT2D eigenvalue weighted by molar-refractivity contribution is 0.102. The molecule has 4 rings (SSSR count). The highest BCUT2D eigenvalue weighted by atomic mass is 32.2. The van der Waals surface area contributed by atoms with E-state index in [4.69, 9.17) is 4.52 Å². The van der Waals surface area contributed by atoms with E-state index in [0.717, 1.165) is 32.8 Å². The van der Waals surface area contributed by atoms with Crippen molar-refractivity contribution in [2.45, 2.75) is 31.6 Å². The van der Waals surface area contributed by atoms with Gasteiger partial charge in [0.2, 0.25) is 0 Å². The minimum absolute atomic E-state index is 0.221. The average Bonchev–Trinajstić information content (AvgIpc) is 3.30. The van der Waals surface area contributed by atoms with Gasteiger partial charge >= 0.3 is 0 Å². The van der Waals surface area contributed by atoms with E-state index in [9.17, 15) is 4.79 Å². The first-order valence-corrected chi connectivity index (χ1v) is 10.5. The summed E-state index contributed by atoms with van der Waals surface area (Å²) in [5.41, 5.74) is 4.51. The number of pyridine rings is 1. The molecule has 0 saturated carbocycles. The summed E-state index contributed by atoms with van der Waals surface area (Å²) in [4.78, 5) is 21.8. The summed E-state index contributed by atoms with van der Waals surface area (Å²) in [5.74, 6) is 1.12. The molecule has 0 radical (unpaired) electrons. The Hall–Kier alpha value is -2.71. The number of benzene rings is 1. The van der Waals surface area contributed by atoms with Crippen molar-refractivity contribution in [3.05, 3.63) is 64.7 Å². The van der Waals surface area contributed by atoms with Gasteiger partial charge in [0, 0.05) is 18.0 Å². The Morgan fingerprint density at radius 2 is 2.04 bits per heavy atom. The maximum atomic E-state index is 12.9. The van der Waals surface area contributed by atoms with Gasteiger partial charge < -0.3 is 4.52 Å². The molecule has 0 fully saturated rings. The van der Waals surface area contributed by atoms with Crippen molar-refractivity contribution in [3.8, 4) is 0 Å². The quantitative estimate of drug-likeness (QED) is 0.458. The summed E-state index contributed by atoms with van der Waals surface area (Å²) in [6.45, 7) is 5.92. The van der Waals surface area contributed by atoms with Crippen molar-refractivity contribution < 1.29 is 9.32 Å². The standard InChI is InChI=1S/C20H18N4O2S2/c1-11-6-7-12(2)17-16(11)22-20(28-17)23-18(25)15-5-4-8-21-19(15)27-10-14-9-13(3)26-24-14/h4-9H,10H2,1-3H3,(H,22,23,25). The van der Waals surface area contributed by atoms with Crippen LogP contribution in [0.3, 0.4) is 0 Å². The lowest BCUT2D eigenvalue weighted by Crippen LogP contribution is -2.13. The molecule has 3 heterocycles. The van der Waals surface area contributed by atoms with E-state index in [1.165, 1.54) is 23.1 Å². The lowest BCUT2D eigenvalue weighted by atomic mass is 10.1. The van der Waals surface area contributed by atoms with Gasteiger partial charge in [-0.2, -0.15) is 0 Å². The topological polar surface area (TPSA) is 80.9 Å². The van der Waals surface area contributed by atoms with Crippen LogP contribution in [0.5, 0.6) is 0 Å². The third-order valence-corrected chi connectivity index (χ3v) is 6.36. The molecule has 6 nitrogen and oxygen atoms in total. The number of hydrogen-bond donors (Lipinski definition) is 1. The number of aromatic nitrogens is 3. The van der Waals surface area contributed by atoms with Gasteiger partial charge in [0.05, 0.1) is 21.5 Å². The fraction of sp³-hybridized carbons (Fsp3) is 0.200. The van der Waals surface area contributed by atoms with Crippen LogP contribution in [0.25, 0.3) is 10.2 Å². The Kier molecular flexibility index (Phi) is 5.15. The minimum atomic E-state index is -0.221. The number of carbonyl (C=O) groups is 1. The minimum Gasteiger partial charge on any atom is -0.361 e. The number of rotatable bonds is 5. The number of nitrogens with zero attached hydrogens (tertiary/aromatic N) is 3. The molecule has 1 N–H and O–H groups in total. The second-order valence-electron chi connectivity index (χ2n) is 6.42. The van der Waals surface area contributed by atoms with Crippen molar-refractivity contribution in [3.63, 3.8) is 0 Å². The smallest absolute Gasteiger partial charge is 0.260 e. The van der Waals surface area contributed by atoms with E-state index >= 15 is 0 Å². The first-order chi connectivity index (χ1) is 13.5. The van der Waals surface area contributed by atoms with Gasteiger partial charge in [-0.25, -0.2) is 9.97 Å². The van der Waals surface area contributed by atoms with E-state index < -0.39 is 0 Å². The third-order valence-electron chi connectivity index (χ3n) is 4.21. The Morgan fingerprint density at radius 1 is 1.21 bits per heavy atom. The Morgan fingerprint density at radius 3 is 2.79 bits per heavy atom. The van der Waals surface area contributed by atoms with E-state index in [2.05, 4.69) is 26.5 Å². The van der Waals surface area contributed by atoms with Gasteiger partial charge in [0.1, 0.15) is 10.8 Å². The van der Waals surface area contributed by atoms with E-state index in [1.807, 2.05) is 32.9 Å². The predicted molar refractivity (Wildman–Crippen MR) is 112 cm³/mol. The van der Waals surface area contributed by atoms with Crippen LogP contribution < -0.4 is 5.32 Å². The highest BCUT2D eigenvalue weighted by Crippen LogP contribution is 2.31. The number of aryl methyl sites for hydroxylation is 3. The monoisotopic (exact) mass is 410 g/mol. The molecule has 0 spiro atoms. The van der Waals surface area contributed by atoms with E-state index in [0.29, 0.717) is 21.5 Å². The molecule has 8 heteroatoms. The zero-order chi connectivity index (χ0) is 19.7. The second kappa shape index (κ2) is 7.73. The summed E-state index contributed by atoms with van der Waals surface area (Å²) in [6, 6.07) is 9.52. The van der Waals surface area contributed by atoms with Crippen molar-refractivity contribution in [2.75, 3.05) is 5.32 Å². The molecule has 0 atom stereocenters. The summed E-state index contributed by atoms with van der Waals surface area (Å²) in [7, 11) is 0. The molecule has 1 amide bonds. The highest BCUT2D eigenvalue weighted by Gasteiger charge is 2.16. The fourth-order valence-electron chi connectivity index (χ4n) is 2.78. The summed E-state index contributed by atoms with van der Waals surface area (Å²) in [5, 5.41) is 8.14. The first kappa shape index (κ1) is 18.6. The van der Waals surface area contributed by atoms with Crippen LogP contribution in [0.15, 0.2) is 46.1 Å². The number of carbonyl (C=O) groups excluding carboxylic acids is 1. The predicted octanol–water partition coefficient (Wildman–Crippen LogP) is 5.15. The third kappa shape index (κ3) is 3.79. The van der Waals surface area contributed by atoms with Gasteiger partial charge in [0.15, 0.2) is 5.13 Å². The van der Waals surface area contributed by atoms with Crippen LogP contribution in [0.2, 0.25) is 0 Å². The van der Waals surface area contributed by atoms with Crippen LogP contribution in [-0.4, -0.2) is 21.0 Å². The van der Waals surface area contributed by atoms with Crippen molar-refractivity contribution in [1.29, 1.82) is 0 Å². The number of anilines is 1. The van der Waals surface area contributed by atoms with Gasteiger partial charge in [-0.05, 0) is 44.0 Å². The van der Waals surface area contributed by atoms with Gasteiger partial charge in [0.25, 0.3) is 5.91 Å². The molecule has 0 aliphatic rings. The zero-order valence-corrected chi connectivity index (χ0v) is 17.3. The maximum Gasteiger partial charge on any atom is 0.260 e. The number of hydrogen-bond acceptors (Lipinski definition) is 7. The molecule has 0 aliphatic carbocycles. The number of amides is 1. The largest absolute Gasteiger partial charge is 0.361 e. The van der Waals surface area contributed by atoms with Crippen molar-refractivity contribution in [2.24, 2.45) is 0 Å². The van der Waals surface area contributed by atoms with Crippen LogP contribution in [0.1, 0.15) is 32.9 Å². The molecule has 142 valence electrons. The van der Waals surface area contributed by atoms with Crippen LogP contribution in [-0.2, 0) is 5.75 Å².